The molecule has 0 aromatic heterocycles. The highest BCUT2D eigenvalue weighted by molar-refractivity contribution is 5.78. The van der Waals surface area contributed by atoms with Crippen molar-refractivity contribution in [1.82, 2.24) is 4.90 Å². The van der Waals surface area contributed by atoms with E-state index in [0.29, 0.717) is 12.5 Å². The number of ether oxygens (including phenoxy) is 1. The van der Waals surface area contributed by atoms with Crippen molar-refractivity contribution in [3.8, 4) is 5.75 Å². The first-order valence-corrected chi connectivity index (χ1v) is 8.06. The van der Waals surface area contributed by atoms with Crippen molar-refractivity contribution in [3.05, 3.63) is 29.8 Å². The highest BCUT2D eigenvalue weighted by Gasteiger charge is 2.35. The van der Waals surface area contributed by atoms with Crippen LogP contribution in [0.15, 0.2) is 24.3 Å². The van der Waals surface area contributed by atoms with Crippen LogP contribution in [0, 0.1) is 5.41 Å². The molecule has 2 rings (SSSR count). The summed E-state index contributed by atoms with van der Waals surface area (Å²) in [5, 5.41) is 0. The lowest BCUT2D eigenvalue weighted by Gasteiger charge is -2.42. The van der Waals surface area contributed by atoms with Crippen LogP contribution in [0.2, 0.25) is 0 Å². The van der Waals surface area contributed by atoms with Gasteiger partial charge < -0.3 is 15.4 Å². The Morgan fingerprint density at radius 1 is 1.36 bits per heavy atom. The monoisotopic (exact) mass is 304 g/mol. The molecule has 1 aromatic rings. The molecule has 1 fully saturated rings. The molecule has 0 radical (unpaired) electrons. The molecule has 2 N–H and O–H groups in total. The molecule has 1 saturated heterocycles. The number of likely N-dealkylation sites (tertiary alicyclic amines) is 1. The summed E-state index contributed by atoms with van der Waals surface area (Å²) in [6.45, 7) is 10.0. The van der Waals surface area contributed by atoms with Gasteiger partial charge in [-0.25, -0.2) is 0 Å². The van der Waals surface area contributed by atoms with E-state index in [1.807, 2.05) is 29.2 Å². The standard InChI is InChI=1S/C18H28N2O2/c1-13(2)14-5-7-15(8-6-14)22-11-17(21)20-10-9-16(19)18(3,4)12-20/h5-8,13,16H,9-12,19H2,1-4H3. The molecule has 4 nitrogen and oxygen atoms in total. The number of nitrogens with two attached hydrogens (primary N) is 1. The fraction of sp³-hybridized carbons (Fsp3) is 0.611. The Hall–Kier alpha value is -1.55. The fourth-order valence-corrected chi connectivity index (χ4v) is 2.77. The summed E-state index contributed by atoms with van der Waals surface area (Å²) in [6, 6.07) is 8.11. The number of rotatable bonds is 4. The van der Waals surface area contributed by atoms with Gasteiger partial charge in [-0.1, -0.05) is 39.8 Å². The number of carbonyl (C=O) groups excluding carboxylic acids is 1. The maximum Gasteiger partial charge on any atom is 0.260 e. The smallest absolute Gasteiger partial charge is 0.260 e. The molecule has 0 aliphatic carbocycles. The Labute approximate surface area is 133 Å². The molecule has 1 aromatic carbocycles. The van der Waals surface area contributed by atoms with Crippen molar-refractivity contribution in [2.45, 2.75) is 46.1 Å². The first-order valence-electron chi connectivity index (χ1n) is 8.06. The molecular weight excluding hydrogens is 276 g/mol. The summed E-state index contributed by atoms with van der Waals surface area (Å²) < 4.78 is 5.63. The molecule has 1 aliphatic rings. The minimum Gasteiger partial charge on any atom is -0.484 e. The van der Waals surface area contributed by atoms with Gasteiger partial charge in [0, 0.05) is 19.1 Å². The topological polar surface area (TPSA) is 55.6 Å². The second-order valence-electron chi connectivity index (χ2n) is 7.21. The summed E-state index contributed by atoms with van der Waals surface area (Å²) in [5.41, 5.74) is 7.34. The van der Waals surface area contributed by atoms with E-state index in [-0.39, 0.29) is 24.0 Å². The Bertz CT molecular complexity index is 508. The highest BCUT2D eigenvalue weighted by Crippen LogP contribution is 2.27. The number of benzene rings is 1. The fourth-order valence-electron chi connectivity index (χ4n) is 2.77. The number of piperidine rings is 1. The minimum atomic E-state index is -0.0349. The molecule has 1 amide bonds. The predicted molar refractivity (Wildman–Crippen MR) is 89.0 cm³/mol. The molecular formula is C18H28N2O2. The Balaban J connectivity index is 1.87. The number of hydrogen-bond acceptors (Lipinski definition) is 3. The highest BCUT2D eigenvalue weighted by atomic mass is 16.5. The van der Waals surface area contributed by atoms with Gasteiger partial charge in [-0.05, 0) is 35.4 Å². The Morgan fingerprint density at radius 2 is 2.00 bits per heavy atom. The van der Waals surface area contributed by atoms with Crippen molar-refractivity contribution >= 4 is 5.91 Å². The van der Waals surface area contributed by atoms with Crippen LogP contribution in [-0.4, -0.2) is 36.5 Å². The van der Waals surface area contributed by atoms with E-state index in [4.69, 9.17) is 10.5 Å². The summed E-state index contributed by atoms with van der Waals surface area (Å²) in [7, 11) is 0. The quantitative estimate of drug-likeness (QED) is 0.930. The average molecular weight is 304 g/mol. The lowest BCUT2D eigenvalue weighted by atomic mass is 9.80. The van der Waals surface area contributed by atoms with Crippen molar-refractivity contribution in [2.75, 3.05) is 19.7 Å². The van der Waals surface area contributed by atoms with Crippen LogP contribution in [0.4, 0.5) is 0 Å². The van der Waals surface area contributed by atoms with Crippen LogP contribution in [-0.2, 0) is 4.79 Å². The average Bonchev–Trinajstić information content (AvgIpc) is 2.48. The van der Waals surface area contributed by atoms with Gasteiger partial charge in [-0.2, -0.15) is 0 Å². The normalized spacial score (nSPS) is 21.0. The van der Waals surface area contributed by atoms with Gasteiger partial charge in [0.15, 0.2) is 6.61 Å². The second kappa shape index (κ2) is 6.69. The van der Waals surface area contributed by atoms with Gasteiger partial charge in [0.1, 0.15) is 5.75 Å². The van der Waals surface area contributed by atoms with E-state index >= 15 is 0 Å². The molecule has 0 spiro atoms. The second-order valence-corrected chi connectivity index (χ2v) is 7.21. The zero-order valence-electron chi connectivity index (χ0n) is 14.1. The van der Waals surface area contributed by atoms with E-state index in [0.717, 1.165) is 18.7 Å². The third-order valence-electron chi connectivity index (χ3n) is 4.57. The van der Waals surface area contributed by atoms with Gasteiger partial charge in [-0.3, -0.25) is 4.79 Å². The Kier molecular flexibility index (Phi) is 5.12. The molecule has 1 atom stereocenters. The zero-order chi connectivity index (χ0) is 16.3. The molecule has 1 heterocycles. The van der Waals surface area contributed by atoms with E-state index in [1.54, 1.807) is 0 Å². The van der Waals surface area contributed by atoms with Gasteiger partial charge in [0.25, 0.3) is 5.91 Å². The van der Waals surface area contributed by atoms with Crippen molar-refractivity contribution in [1.29, 1.82) is 0 Å². The van der Waals surface area contributed by atoms with Crippen LogP contribution in [0.5, 0.6) is 5.75 Å². The van der Waals surface area contributed by atoms with Crippen LogP contribution in [0.1, 0.15) is 45.6 Å². The summed E-state index contributed by atoms with van der Waals surface area (Å²) in [5.74, 6) is 1.27. The summed E-state index contributed by atoms with van der Waals surface area (Å²) >= 11 is 0. The van der Waals surface area contributed by atoms with E-state index in [2.05, 4.69) is 27.7 Å². The van der Waals surface area contributed by atoms with Gasteiger partial charge in [0.2, 0.25) is 0 Å². The molecule has 0 bridgehead atoms. The lowest BCUT2D eigenvalue weighted by Crippen LogP contribution is -2.54. The van der Waals surface area contributed by atoms with Crippen LogP contribution in [0.3, 0.4) is 0 Å². The molecule has 0 saturated carbocycles. The molecule has 4 heteroatoms. The van der Waals surface area contributed by atoms with Crippen molar-refractivity contribution in [3.63, 3.8) is 0 Å². The largest absolute Gasteiger partial charge is 0.484 e. The molecule has 1 unspecified atom stereocenters. The number of hydrogen-bond donors (Lipinski definition) is 1. The van der Waals surface area contributed by atoms with E-state index < -0.39 is 0 Å². The van der Waals surface area contributed by atoms with Gasteiger partial charge in [0.05, 0.1) is 0 Å². The van der Waals surface area contributed by atoms with Crippen molar-refractivity contribution < 1.29 is 9.53 Å². The number of amides is 1. The van der Waals surface area contributed by atoms with Gasteiger partial charge >= 0.3 is 0 Å². The van der Waals surface area contributed by atoms with Crippen molar-refractivity contribution in [2.24, 2.45) is 11.1 Å². The zero-order valence-corrected chi connectivity index (χ0v) is 14.1. The van der Waals surface area contributed by atoms with Crippen LogP contribution in [0.25, 0.3) is 0 Å². The van der Waals surface area contributed by atoms with Gasteiger partial charge in [-0.15, -0.1) is 0 Å². The molecule has 1 aliphatic heterocycles. The van der Waals surface area contributed by atoms with E-state index in [1.165, 1.54) is 5.56 Å². The number of carbonyl (C=O) groups is 1. The SMILES string of the molecule is CC(C)c1ccc(OCC(=O)N2CCC(N)C(C)(C)C2)cc1. The summed E-state index contributed by atoms with van der Waals surface area (Å²) in [4.78, 5) is 14.2. The van der Waals surface area contributed by atoms with Crippen LogP contribution >= 0.6 is 0 Å². The van der Waals surface area contributed by atoms with E-state index in [9.17, 15) is 4.79 Å². The third kappa shape index (κ3) is 4.01. The molecule has 122 valence electrons. The maximum absolute atomic E-state index is 12.3. The minimum absolute atomic E-state index is 0.0349. The summed E-state index contributed by atoms with van der Waals surface area (Å²) in [6.07, 6.45) is 0.849. The maximum atomic E-state index is 12.3. The first kappa shape index (κ1) is 16.8. The Morgan fingerprint density at radius 3 is 2.55 bits per heavy atom. The first-order chi connectivity index (χ1) is 10.3. The number of nitrogens with zero attached hydrogens (tertiary/aromatic N) is 1. The molecule has 22 heavy (non-hydrogen) atoms. The third-order valence-corrected chi connectivity index (χ3v) is 4.57. The van der Waals surface area contributed by atoms with Crippen LogP contribution < -0.4 is 10.5 Å². The predicted octanol–water partition coefficient (Wildman–Crippen LogP) is 2.77. The lowest BCUT2D eigenvalue weighted by molar-refractivity contribution is -0.136.